The van der Waals surface area contributed by atoms with Gasteiger partial charge in [0, 0.05) is 34.2 Å². The highest BCUT2D eigenvalue weighted by atomic mass is 15.1. The van der Waals surface area contributed by atoms with Crippen LogP contribution in [0.2, 0.25) is 0 Å². The highest BCUT2D eigenvalue weighted by molar-refractivity contribution is 5.97. The van der Waals surface area contributed by atoms with Crippen molar-refractivity contribution in [2.24, 2.45) is 0 Å². The molecule has 5 heteroatoms. The number of nitrogens with one attached hydrogen (secondary N) is 2. The SMILES string of the molecule is c1ccc2[nH]c(-c3n[nH]c4ccc(-c5cncnc5)cc34)cc2c1. The topological polar surface area (TPSA) is 70.2 Å². The molecule has 0 amide bonds. The minimum Gasteiger partial charge on any atom is -0.353 e. The highest BCUT2D eigenvalue weighted by Gasteiger charge is 2.12. The first-order valence-electron chi connectivity index (χ1n) is 7.70. The second kappa shape index (κ2) is 5.03. The van der Waals surface area contributed by atoms with Gasteiger partial charge in [0.25, 0.3) is 0 Å². The minimum absolute atomic E-state index is 0.917. The molecule has 3 aromatic heterocycles. The van der Waals surface area contributed by atoms with E-state index in [-0.39, 0.29) is 0 Å². The standard InChI is InChI=1S/C19H13N5/c1-2-4-16-13(3-1)8-18(22-16)19-15-7-12(5-6-17(15)23-24-19)14-9-20-11-21-10-14/h1-11,22H,(H,23,24). The van der Waals surface area contributed by atoms with Gasteiger partial charge >= 0.3 is 0 Å². The molecule has 0 atom stereocenters. The van der Waals surface area contributed by atoms with Crippen LogP contribution in [-0.4, -0.2) is 25.1 Å². The van der Waals surface area contributed by atoms with Gasteiger partial charge in [-0.2, -0.15) is 5.10 Å². The third kappa shape index (κ3) is 1.99. The summed E-state index contributed by atoms with van der Waals surface area (Å²) in [5.74, 6) is 0. The minimum atomic E-state index is 0.917. The first kappa shape index (κ1) is 13.0. The summed E-state index contributed by atoms with van der Waals surface area (Å²) in [6.45, 7) is 0. The molecule has 0 aliphatic carbocycles. The molecular weight excluding hydrogens is 298 g/mol. The number of rotatable bonds is 2. The molecule has 0 spiro atoms. The van der Waals surface area contributed by atoms with E-state index in [1.807, 2.05) is 36.7 Å². The molecule has 2 aromatic carbocycles. The number of hydrogen-bond donors (Lipinski definition) is 2. The highest BCUT2D eigenvalue weighted by Crippen LogP contribution is 2.31. The fraction of sp³-hybridized carbons (Fsp3) is 0. The summed E-state index contributed by atoms with van der Waals surface area (Å²) in [6, 6.07) is 16.6. The molecule has 5 rings (SSSR count). The number of H-pyrrole nitrogens is 2. The van der Waals surface area contributed by atoms with Crippen molar-refractivity contribution in [1.29, 1.82) is 0 Å². The number of aromatic amines is 2. The second-order valence-electron chi connectivity index (χ2n) is 5.73. The molecule has 114 valence electrons. The molecule has 2 N–H and O–H groups in total. The summed E-state index contributed by atoms with van der Waals surface area (Å²) in [7, 11) is 0. The third-order valence-corrected chi connectivity index (χ3v) is 4.24. The monoisotopic (exact) mass is 311 g/mol. The summed E-state index contributed by atoms with van der Waals surface area (Å²) < 4.78 is 0. The van der Waals surface area contributed by atoms with E-state index in [4.69, 9.17) is 0 Å². The lowest BCUT2D eigenvalue weighted by Crippen LogP contribution is -1.83. The van der Waals surface area contributed by atoms with Crippen LogP contribution in [-0.2, 0) is 0 Å². The van der Waals surface area contributed by atoms with Gasteiger partial charge in [0.15, 0.2) is 0 Å². The number of nitrogens with zero attached hydrogens (tertiary/aromatic N) is 3. The maximum Gasteiger partial charge on any atom is 0.116 e. The second-order valence-corrected chi connectivity index (χ2v) is 5.73. The summed E-state index contributed by atoms with van der Waals surface area (Å²) in [5, 5.41) is 9.87. The summed E-state index contributed by atoms with van der Waals surface area (Å²) in [5.41, 5.74) is 6.09. The lowest BCUT2D eigenvalue weighted by atomic mass is 10.1. The number of hydrogen-bond acceptors (Lipinski definition) is 3. The first-order valence-corrected chi connectivity index (χ1v) is 7.70. The fourth-order valence-electron chi connectivity index (χ4n) is 3.05. The summed E-state index contributed by atoms with van der Waals surface area (Å²) >= 11 is 0. The van der Waals surface area contributed by atoms with Gasteiger partial charge < -0.3 is 4.98 Å². The van der Waals surface area contributed by atoms with Crippen LogP contribution >= 0.6 is 0 Å². The van der Waals surface area contributed by atoms with Crippen molar-refractivity contribution in [3.05, 3.63) is 67.3 Å². The predicted octanol–water partition coefficient (Wildman–Crippen LogP) is 4.17. The van der Waals surface area contributed by atoms with Crippen molar-refractivity contribution in [3.63, 3.8) is 0 Å². The van der Waals surface area contributed by atoms with Gasteiger partial charge in [0.05, 0.1) is 11.2 Å². The molecule has 24 heavy (non-hydrogen) atoms. The Labute approximate surface area is 137 Å². The van der Waals surface area contributed by atoms with Crippen molar-refractivity contribution in [2.45, 2.75) is 0 Å². The van der Waals surface area contributed by atoms with Gasteiger partial charge in [-0.1, -0.05) is 24.3 Å². The van der Waals surface area contributed by atoms with E-state index in [9.17, 15) is 0 Å². The smallest absolute Gasteiger partial charge is 0.116 e. The largest absolute Gasteiger partial charge is 0.353 e. The van der Waals surface area contributed by atoms with E-state index in [0.29, 0.717) is 0 Å². The predicted molar refractivity (Wildman–Crippen MR) is 94.4 cm³/mol. The molecule has 0 saturated carbocycles. The zero-order valence-corrected chi connectivity index (χ0v) is 12.7. The molecule has 0 aliphatic rings. The van der Waals surface area contributed by atoms with E-state index in [2.05, 4.69) is 49.4 Å². The van der Waals surface area contributed by atoms with Crippen molar-refractivity contribution in [2.75, 3.05) is 0 Å². The van der Waals surface area contributed by atoms with E-state index in [1.165, 1.54) is 11.7 Å². The quantitative estimate of drug-likeness (QED) is 0.514. The number of aromatic nitrogens is 5. The van der Waals surface area contributed by atoms with Crippen LogP contribution in [0, 0.1) is 0 Å². The molecule has 0 saturated heterocycles. The molecule has 5 aromatic rings. The zero-order valence-electron chi connectivity index (χ0n) is 12.7. The summed E-state index contributed by atoms with van der Waals surface area (Å²) in [4.78, 5) is 11.6. The van der Waals surface area contributed by atoms with Crippen LogP contribution in [0.3, 0.4) is 0 Å². The van der Waals surface area contributed by atoms with Gasteiger partial charge in [-0.15, -0.1) is 0 Å². The van der Waals surface area contributed by atoms with Gasteiger partial charge in [-0.3, -0.25) is 5.10 Å². The molecule has 0 aliphatic heterocycles. The number of fused-ring (bicyclic) bond motifs is 2. The Hall–Kier alpha value is -3.47. The van der Waals surface area contributed by atoms with Crippen LogP contribution in [0.15, 0.2) is 67.3 Å². The normalized spacial score (nSPS) is 11.3. The average molecular weight is 311 g/mol. The number of para-hydroxylation sites is 1. The Kier molecular flexibility index (Phi) is 2.72. The van der Waals surface area contributed by atoms with E-state index >= 15 is 0 Å². The van der Waals surface area contributed by atoms with Gasteiger partial charge in [-0.05, 0) is 29.8 Å². The van der Waals surface area contributed by atoms with E-state index in [1.54, 1.807) is 0 Å². The lowest BCUT2D eigenvalue weighted by molar-refractivity contribution is 1.12. The van der Waals surface area contributed by atoms with E-state index < -0.39 is 0 Å². The molecule has 0 radical (unpaired) electrons. The lowest BCUT2D eigenvalue weighted by Gasteiger charge is -2.01. The maximum atomic E-state index is 4.51. The van der Waals surface area contributed by atoms with Crippen molar-refractivity contribution in [1.82, 2.24) is 25.1 Å². The Morgan fingerprint density at radius 3 is 2.54 bits per heavy atom. The zero-order chi connectivity index (χ0) is 15.9. The molecule has 0 bridgehead atoms. The van der Waals surface area contributed by atoms with Crippen molar-refractivity contribution < 1.29 is 0 Å². The molecular formula is C19H13N5. The van der Waals surface area contributed by atoms with Crippen LogP contribution in [0.5, 0.6) is 0 Å². The van der Waals surface area contributed by atoms with Crippen molar-refractivity contribution >= 4 is 21.8 Å². The first-order chi connectivity index (χ1) is 11.9. The summed E-state index contributed by atoms with van der Waals surface area (Å²) in [6.07, 6.45) is 5.17. The molecule has 0 unspecified atom stereocenters. The van der Waals surface area contributed by atoms with Crippen LogP contribution < -0.4 is 0 Å². The van der Waals surface area contributed by atoms with Gasteiger partial charge in [0.2, 0.25) is 0 Å². The van der Waals surface area contributed by atoms with Crippen LogP contribution in [0.25, 0.3) is 44.3 Å². The maximum absolute atomic E-state index is 4.51. The fourth-order valence-corrected chi connectivity index (χ4v) is 3.05. The molecule has 3 heterocycles. The third-order valence-electron chi connectivity index (χ3n) is 4.24. The molecule has 0 fully saturated rings. The Bertz CT molecular complexity index is 1120. The average Bonchev–Trinajstić information content (AvgIpc) is 3.25. The number of benzene rings is 2. The van der Waals surface area contributed by atoms with E-state index in [0.717, 1.165) is 38.9 Å². The van der Waals surface area contributed by atoms with Gasteiger partial charge in [-0.25, -0.2) is 9.97 Å². The van der Waals surface area contributed by atoms with Crippen molar-refractivity contribution in [3.8, 4) is 22.5 Å². The Morgan fingerprint density at radius 2 is 1.67 bits per heavy atom. The van der Waals surface area contributed by atoms with Crippen LogP contribution in [0.4, 0.5) is 0 Å². The van der Waals surface area contributed by atoms with Crippen LogP contribution in [0.1, 0.15) is 0 Å². The van der Waals surface area contributed by atoms with Gasteiger partial charge in [0.1, 0.15) is 12.0 Å². The molecule has 5 nitrogen and oxygen atoms in total. The Morgan fingerprint density at radius 1 is 0.792 bits per heavy atom. The Balaban J connectivity index is 1.71.